The molecular formula is C29H17BrS. The minimum Gasteiger partial charge on any atom is -0.127 e. The molecule has 0 nitrogen and oxygen atoms in total. The van der Waals surface area contributed by atoms with E-state index < -0.39 is 0 Å². The van der Waals surface area contributed by atoms with Gasteiger partial charge in [0.05, 0.1) is 3.79 Å². The van der Waals surface area contributed by atoms with Gasteiger partial charge in [0.2, 0.25) is 0 Å². The predicted molar refractivity (Wildman–Crippen MR) is 141 cm³/mol. The van der Waals surface area contributed by atoms with E-state index >= 15 is 0 Å². The first-order chi connectivity index (χ1) is 15.2. The minimum absolute atomic E-state index is 1.22. The molecular weight excluding hydrogens is 460 g/mol. The number of benzene rings is 6. The number of halogens is 1. The second-order valence-electron chi connectivity index (χ2n) is 8.36. The fourth-order valence-electron chi connectivity index (χ4n) is 5.17. The van der Waals surface area contributed by atoms with Crippen molar-refractivity contribution in [2.24, 2.45) is 0 Å². The molecule has 1 heterocycles. The molecule has 0 saturated heterocycles. The zero-order valence-corrected chi connectivity index (χ0v) is 19.3. The van der Waals surface area contributed by atoms with Crippen molar-refractivity contribution < 1.29 is 0 Å². The Kier molecular flexibility index (Phi) is 3.59. The first-order valence-electron chi connectivity index (χ1n) is 10.5. The maximum absolute atomic E-state index is 3.92. The van der Waals surface area contributed by atoms with Crippen LogP contribution in [0.2, 0.25) is 0 Å². The van der Waals surface area contributed by atoms with E-state index in [4.69, 9.17) is 0 Å². The molecule has 0 atom stereocenters. The van der Waals surface area contributed by atoms with E-state index in [1.165, 1.54) is 73.7 Å². The smallest absolute Gasteiger partial charge is 0.0790 e. The second kappa shape index (κ2) is 6.29. The van der Waals surface area contributed by atoms with Crippen molar-refractivity contribution in [2.45, 2.75) is 6.92 Å². The largest absolute Gasteiger partial charge is 0.127 e. The van der Waals surface area contributed by atoms with Crippen LogP contribution in [0.15, 0.2) is 88.7 Å². The second-order valence-corrected chi connectivity index (χ2v) is 10.7. The van der Waals surface area contributed by atoms with Crippen molar-refractivity contribution in [1.29, 1.82) is 0 Å². The SMILES string of the molecule is Cc1ccc(-c2cc3c4ccccc4c4sc(Br)c5c6ccccc6c(c2)c3c45)cc1. The van der Waals surface area contributed by atoms with Crippen LogP contribution >= 0.6 is 27.3 Å². The van der Waals surface area contributed by atoms with E-state index in [1.54, 1.807) is 0 Å². The summed E-state index contributed by atoms with van der Waals surface area (Å²) in [6, 6.07) is 31.4. The van der Waals surface area contributed by atoms with Crippen LogP contribution in [0, 0.1) is 6.92 Å². The zero-order chi connectivity index (χ0) is 20.7. The van der Waals surface area contributed by atoms with Crippen LogP contribution in [-0.4, -0.2) is 0 Å². The highest BCUT2D eigenvalue weighted by Crippen LogP contribution is 2.51. The fraction of sp³-hybridized carbons (Fsp3) is 0.0345. The molecule has 0 fully saturated rings. The molecule has 7 rings (SSSR count). The molecule has 0 bridgehead atoms. The lowest BCUT2D eigenvalue weighted by Crippen LogP contribution is -1.88. The Bertz CT molecular complexity index is 1770. The van der Waals surface area contributed by atoms with E-state index in [1.807, 2.05) is 11.3 Å². The summed E-state index contributed by atoms with van der Waals surface area (Å²) in [4.78, 5) is 0. The van der Waals surface area contributed by atoms with Gasteiger partial charge in [-0.15, -0.1) is 11.3 Å². The van der Waals surface area contributed by atoms with Gasteiger partial charge in [-0.25, -0.2) is 0 Å². The average molecular weight is 477 g/mol. The Morgan fingerprint density at radius 2 is 1.13 bits per heavy atom. The van der Waals surface area contributed by atoms with Gasteiger partial charge < -0.3 is 0 Å². The van der Waals surface area contributed by atoms with E-state index in [0.717, 1.165) is 0 Å². The summed E-state index contributed by atoms with van der Waals surface area (Å²) >= 11 is 5.78. The molecule has 0 saturated carbocycles. The topological polar surface area (TPSA) is 0 Å². The Morgan fingerprint density at radius 1 is 0.548 bits per heavy atom. The van der Waals surface area contributed by atoms with Crippen LogP contribution in [0.25, 0.3) is 64.3 Å². The Hall–Kier alpha value is -2.94. The van der Waals surface area contributed by atoms with Crippen molar-refractivity contribution in [1.82, 2.24) is 0 Å². The molecule has 0 radical (unpaired) electrons. The van der Waals surface area contributed by atoms with Crippen molar-refractivity contribution in [3.63, 3.8) is 0 Å². The number of aryl methyl sites for hydroxylation is 1. The molecule has 31 heavy (non-hydrogen) atoms. The molecule has 6 aromatic carbocycles. The molecule has 0 N–H and O–H groups in total. The predicted octanol–water partition coefficient (Wildman–Crippen LogP) is 9.69. The lowest BCUT2D eigenvalue weighted by Gasteiger charge is -2.16. The monoisotopic (exact) mass is 476 g/mol. The molecule has 2 heteroatoms. The zero-order valence-electron chi connectivity index (χ0n) is 16.9. The van der Waals surface area contributed by atoms with Crippen molar-refractivity contribution in [3.8, 4) is 11.1 Å². The minimum atomic E-state index is 1.22. The standard InChI is InChI=1S/C29H17BrS/c1-16-10-12-17(13-11-16)18-14-23-19-6-2-4-8-21(19)26-27-25(23)24(15-18)20-7-3-5-9-22(20)28(27)31-29(26)30/h2-15H,1H3. The van der Waals surface area contributed by atoms with Crippen LogP contribution in [0.3, 0.4) is 0 Å². The third kappa shape index (κ3) is 2.35. The summed E-state index contributed by atoms with van der Waals surface area (Å²) in [6.07, 6.45) is 0. The molecule has 0 unspecified atom stereocenters. The van der Waals surface area contributed by atoms with Gasteiger partial charge in [0.25, 0.3) is 0 Å². The van der Waals surface area contributed by atoms with Crippen molar-refractivity contribution in [2.75, 3.05) is 0 Å². The van der Waals surface area contributed by atoms with E-state index in [2.05, 4.69) is 108 Å². The van der Waals surface area contributed by atoms with Crippen LogP contribution in [0.5, 0.6) is 0 Å². The number of fused-ring (bicyclic) bond motifs is 6. The molecule has 0 aliphatic carbocycles. The van der Waals surface area contributed by atoms with Gasteiger partial charge in [-0.1, -0.05) is 78.4 Å². The molecule has 0 amide bonds. The average Bonchev–Trinajstić information content (AvgIpc) is 3.17. The Labute approximate surface area is 192 Å². The molecule has 7 aromatic rings. The Balaban J connectivity index is 1.82. The van der Waals surface area contributed by atoms with E-state index in [9.17, 15) is 0 Å². The maximum atomic E-state index is 3.92. The summed E-state index contributed by atoms with van der Waals surface area (Å²) in [5.74, 6) is 0. The van der Waals surface area contributed by atoms with Crippen molar-refractivity contribution in [3.05, 3.63) is 94.3 Å². The van der Waals surface area contributed by atoms with Gasteiger partial charge in [-0.05, 0) is 78.4 Å². The summed E-state index contributed by atoms with van der Waals surface area (Å²) in [6.45, 7) is 2.14. The summed E-state index contributed by atoms with van der Waals surface area (Å²) in [7, 11) is 0. The van der Waals surface area contributed by atoms with Crippen LogP contribution in [0.1, 0.15) is 5.56 Å². The van der Waals surface area contributed by atoms with Crippen molar-refractivity contribution >= 4 is 80.4 Å². The quantitative estimate of drug-likeness (QED) is 0.163. The highest BCUT2D eigenvalue weighted by atomic mass is 79.9. The van der Waals surface area contributed by atoms with E-state index in [-0.39, 0.29) is 0 Å². The highest BCUT2D eigenvalue weighted by molar-refractivity contribution is 9.11. The van der Waals surface area contributed by atoms with Gasteiger partial charge in [-0.3, -0.25) is 0 Å². The Morgan fingerprint density at radius 3 is 1.81 bits per heavy atom. The van der Waals surface area contributed by atoms with Crippen LogP contribution in [0.4, 0.5) is 0 Å². The molecule has 0 spiro atoms. The summed E-state index contributed by atoms with van der Waals surface area (Å²) in [5.41, 5.74) is 3.83. The number of rotatable bonds is 1. The molecule has 0 aliphatic heterocycles. The molecule has 0 aliphatic rings. The third-order valence-corrected chi connectivity index (χ3v) is 8.48. The van der Waals surface area contributed by atoms with Gasteiger partial charge in [-0.2, -0.15) is 0 Å². The van der Waals surface area contributed by atoms with Gasteiger partial charge >= 0.3 is 0 Å². The number of hydrogen-bond donors (Lipinski definition) is 0. The lowest BCUT2D eigenvalue weighted by molar-refractivity contribution is 1.47. The van der Waals surface area contributed by atoms with Gasteiger partial charge in [0.15, 0.2) is 0 Å². The first-order valence-corrected chi connectivity index (χ1v) is 12.1. The lowest BCUT2D eigenvalue weighted by atomic mass is 9.87. The normalized spacial score (nSPS) is 12.2. The van der Waals surface area contributed by atoms with E-state index in [0.29, 0.717) is 0 Å². The van der Waals surface area contributed by atoms with Crippen LogP contribution in [-0.2, 0) is 0 Å². The maximum Gasteiger partial charge on any atom is 0.0790 e. The highest BCUT2D eigenvalue weighted by Gasteiger charge is 2.21. The van der Waals surface area contributed by atoms with Gasteiger partial charge in [0.1, 0.15) is 0 Å². The summed E-state index contributed by atoms with van der Waals surface area (Å²) in [5, 5.41) is 12.1. The first kappa shape index (κ1) is 17.7. The summed E-state index contributed by atoms with van der Waals surface area (Å²) < 4.78 is 2.60. The molecule has 1 aromatic heterocycles. The number of thiophene rings is 1. The fourth-order valence-corrected chi connectivity index (χ4v) is 7.16. The third-order valence-electron chi connectivity index (χ3n) is 6.59. The van der Waals surface area contributed by atoms with Crippen LogP contribution < -0.4 is 0 Å². The number of hydrogen-bond acceptors (Lipinski definition) is 1. The van der Waals surface area contributed by atoms with Gasteiger partial charge in [0, 0.05) is 20.9 Å². The molecule has 146 valence electrons.